The summed E-state index contributed by atoms with van der Waals surface area (Å²) in [5.74, 6) is 0.488. The van der Waals surface area contributed by atoms with Crippen molar-refractivity contribution in [2.24, 2.45) is 5.92 Å². The van der Waals surface area contributed by atoms with Gasteiger partial charge in [-0.15, -0.1) is 0 Å². The van der Waals surface area contributed by atoms with E-state index in [1.807, 2.05) is 6.92 Å². The molecular formula is C20H28N4O6S. The molecule has 1 N–H and O–H groups in total. The number of piperidine rings is 1. The lowest BCUT2D eigenvalue weighted by molar-refractivity contribution is -0.120. The molecule has 10 nitrogen and oxygen atoms in total. The summed E-state index contributed by atoms with van der Waals surface area (Å²) in [5.41, 5.74) is 0.473. The van der Waals surface area contributed by atoms with Gasteiger partial charge in [0.1, 0.15) is 0 Å². The molecule has 170 valence electrons. The number of methoxy groups -OCH3 is 3. The highest BCUT2D eigenvalue weighted by Gasteiger charge is 2.34. The van der Waals surface area contributed by atoms with Crippen LogP contribution in [0.5, 0.6) is 17.2 Å². The zero-order chi connectivity index (χ0) is 22.6. The van der Waals surface area contributed by atoms with Gasteiger partial charge in [-0.1, -0.05) is 0 Å². The molecular weight excluding hydrogens is 424 g/mol. The number of hydrogen-bond acceptors (Lipinski definition) is 7. The van der Waals surface area contributed by atoms with Crippen LogP contribution in [0.3, 0.4) is 0 Å². The van der Waals surface area contributed by atoms with E-state index in [9.17, 15) is 13.2 Å². The standard InChI is InChI=1S/C20H28N4O6S/c1-5-23-12-18(21-13-23)31(26,27)24-8-6-7-14(11-24)20(25)22-15-9-16(28-2)19(30-4)17(10-15)29-3/h9-10,12-14H,5-8,11H2,1-4H3,(H,22,25)/t14-/m0/s1. The summed E-state index contributed by atoms with van der Waals surface area (Å²) in [6, 6.07) is 3.27. The van der Waals surface area contributed by atoms with E-state index in [4.69, 9.17) is 14.2 Å². The fourth-order valence-electron chi connectivity index (χ4n) is 3.55. The number of amides is 1. The fraction of sp³-hybridized carbons (Fsp3) is 0.500. The second kappa shape index (κ2) is 9.56. The lowest BCUT2D eigenvalue weighted by atomic mass is 9.98. The molecule has 2 heterocycles. The Balaban J connectivity index is 1.75. The van der Waals surface area contributed by atoms with Crippen LogP contribution in [-0.2, 0) is 21.4 Å². The van der Waals surface area contributed by atoms with Crippen LogP contribution in [0.4, 0.5) is 5.69 Å². The molecule has 2 aromatic rings. The van der Waals surface area contributed by atoms with Crippen molar-refractivity contribution in [1.82, 2.24) is 13.9 Å². The van der Waals surface area contributed by atoms with Gasteiger partial charge in [0.25, 0.3) is 10.0 Å². The van der Waals surface area contributed by atoms with Gasteiger partial charge in [-0.3, -0.25) is 4.79 Å². The molecule has 1 aromatic carbocycles. The first-order valence-electron chi connectivity index (χ1n) is 9.96. The Hall–Kier alpha value is -2.79. The third-order valence-electron chi connectivity index (χ3n) is 5.27. The number of aryl methyl sites for hydroxylation is 1. The zero-order valence-electron chi connectivity index (χ0n) is 18.1. The van der Waals surface area contributed by atoms with Crippen molar-refractivity contribution < 1.29 is 27.4 Å². The quantitative estimate of drug-likeness (QED) is 0.652. The van der Waals surface area contributed by atoms with Crippen LogP contribution in [0.1, 0.15) is 19.8 Å². The molecule has 0 spiro atoms. The number of rotatable bonds is 8. The second-order valence-electron chi connectivity index (χ2n) is 7.15. The molecule has 1 aromatic heterocycles. The minimum Gasteiger partial charge on any atom is -0.493 e. The van der Waals surface area contributed by atoms with Crippen molar-refractivity contribution in [3.05, 3.63) is 24.7 Å². The van der Waals surface area contributed by atoms with Crippen LogP contribution in [0.2, 0.25) is 0 Å². The third kappa shape index (κ3) is 4.77. The number of anilines is 1. The molecule has 1 saturated heterocycles. The Morgan fingerprint density at radius 2 is 1.87 bits per heavy atom. The Kier molecular flexibility index (Phi) is 7.06. The minimum atomic E-state index is -3.76. The lowest BCUT2D eigenvalue weighted by Gasteiger charge is -2.30. The van der Waals surface area contributed by atoms with Crippen molar-refractivity contribution in [2.45, 2.75) is 31.3 Å². The number of carbonyl (C=O) groups excluding carboxylic acids is 1. The predicted molar refractivity (Wildman–Crippen MR) is 114 cm³/mol. The Morgan fingerprint density at radius 3 is 2.42 bits per heavy atom. The highest BCUT2D eigenvalue weighted by Crippen LogP contribution is 2.40. The molecule has 0 radical (unpaired) electrons. The molecule has 1 amide bonds. The molecule has 11 heteroatoms. The van der Waals surface area contributed by atoms with Crippen LogP contribution < -0.4 is 19.5 Å². The highest BCUT2D eigenvalue weighted by atomic mass is 32.2. The number of nitrogens with one attached hydrogen (secondary N) is 1. The Labute approximate surface area is 182 Å². The molecule has 0 saturated carbocycles. The summed E-state index contributed by atoms with van der Waals surface area (Å²) in [5, 5.41) is 2.84. The fourth-order valence-corrected chi connectivity index (χ4v) is 5.01. The van der Waals surface area contributed by atoms with E-state index >= 15 is 0 Å². The number of hydrogen-bond donors (Lipinski definition) is 1. The van der Waals surface area contributed by atoms with Gasteiger partial charge >= 0.3 is 0 Å². The van der Waals surface area contributed by atoms with Gasteiger partial charge in [0.2, 0.25) is 11.7 Å². The van der Waals surface area contributed by atoms with Gasteiger partial charge in [0.05, 0.1) is 33.6 Å². The van der Waals surface area contributed by atoms with Gasteiger partial charge < -0.3 is 24.1 Å². The summed E-state index contributed by atoms with van der Waals surface area (Å²) >= 11 is 0. The molecule has 0 unspecified atom stereocenters. The molecule has 1 fully saturated rings. The maximum atomic E-state index is 13.0. The molecule has 3 rings (SSSR count). The monoisotopic (exact) mass is 452 g/mol. The van der Waals surface area contributed by atoms with Crippen molar-refractivity contribution in [3.63, 3.8) is 0 Å². The van der Waals surface area contributed by atoms with Crippen molar-refractivity contribution in [3.8, 4) is 17.2 Å². The maximum Gasteiger partial charge on any atom is 0.262 e. The van der Waals surface area contributed by atoms with Crippen molar-refractivity contribution >= 4 is 21.6 Å². The molecule has 0 aliphatic carbocycles. The third-order valence-corrected chi connectivity index (χ3v) is 7.02. The van der Waals surface area contributed by atoms with E-state index in [1.165, 1.54) is 38.2 Å². The molecule has 0 bridgehead atoms. The Morgan fingerprint density at radius 1 is 1.19 bits per heavy atom. The largest absolute Gasteiger partial charge is 0.493 e. The predicted octanol–water partition coefficient (Wildman–Crippen LogP) is 1.97. The highest BCUT2D eigenvalue weighted by molar-refractivity contribution is 7.89. The van der Waals surface area contributed by atoms with Gasteiger partial charge in [-0.2, -0.15) is 4.31 Å². The first-order chi connectivity index (χ1) is 14.8. The number of nitrogens with zero attached hydrogens (tertiary/aromatic N) is 3. The first kappa shape index (κ1) is 22.9. The summed E-state index contributed by atoms with van der Waals surface area (Å²) in [7, 11) is 0.729. The van der Waals surface area contributed by atoms with E-state index in [2.05, 4.69) is 10.3 Å². The average Bonchev–Trinajstić information content (AvgIpc) is 3.28. The molecule has 1 aliphatic heterocycles. The second-order valence-corrected chi connectivity index (χ2v) is 9.03. The van der Waals surface area contributed by atoms with Crippen LogP contribution in [0.15, 0.2) is 29.7 Å². The molecule has 1 atom stereocenters. The number of carbonyl (C=O) groups is 1. The number of aromatic nitrogens is 2. The topological polar surface area (TPSA) is 112 Å². The maximum absolute atomic E-state index is 13.0. The van der Waals surface area contributed by atoms with E-state index in [1.54, 1.807) is 16.7 Å². The number of ether oxygens (including phenoxy) is 3. The minimum absolute atomic E-state index is 0.0000327. The normalized spacial score (nSPS) is 17.2. The average molecular weight is 453 g/mol. The molecule has 1 aliphatic rings. The summed E-state index contributed by atoms with van der Waals surface area (Å²) in [6.07, 6.45) is 4.17. The Bertz CT molecular complexity index is 1010. The van der Waals surface area contributed by atoms with Crippen LogP contribution in [0, 0.1) is 5.92 Å². The van der Waals surface area contributed by atoms with Gasteiger partial charge in [-0.05, 0) is 19.8 Å². The van der Waals surface area contributed by atoms with Gasteiger partial charge in [-0.25, -0.2) is 13.4 Å². The van der Waals surface area contributed by atoms with E-state index < -0.39 is 15.9 Å². The molecule has 31 heavy (non-hydrogen) atoms. The van der Waals surface area contributed by atoms with Crippen LogP contribution >= 0.6 is 0 Å². The number of sulfonamides is 1. The summed E-state index contributed by atoms with van der Waals surface area (Å²) in [6.45, 7) is 2.98. The first-order valence-corrected chi connectivity index (χ1v) is 11.4. The van der Waals surface area contributed by atoms with Crippen molar-refractivity contribution in [1.29, 1.82) is 0 Å². The van der Waals surface area contributed by atoms with Crippen molar-refractivity contribution in [2.75, 3.05) is 39.7 Å². The van der Waals surface area contributed by atoms with Crippen LogP contribution in [0.25, 0.3) is 0 Å². The zero-order valence-corrected chi connectivity index (χ0v) is 18.9. The van der Waals surface area contributed by atoms with E-state index in [-0.39, 0.29) is 17.5 Å². The number of benzene rings is 1. The van der Waals surface area contributed by atoms with E-state index in [0.717, 1.165) is 0 Å². The van der Waals surface area contributed by atoms with Crippen LogP contribution in [-0.4, -0.2) is 62.6 Å². The summed E-state index contributed by atoms with van der Waals surface area (Å²) in [4.78, 5) is 16.9. The smallest absolute Gasteiger partial charge is 0.262 e. The number of imidazole rings is 1. The summed E-state index contributed by atoms with van der Waals surface area (Å²) < 4.78 is 44.9. The SMILES string of the molecule is CCn1cnc(S(=O)(=O)N2CCC[C@H](C(=O)Nc3cc(OC)c(OC)c(OC)c3)C2)c1. The van der Waals surface area contributed by atoms with E-state index in [0.29, 0.717) is 48.9 Å². The van der Waals surface area contributed by atoms with Gasteiger partial charge in [0, 0.05) is 43.7 Å². The van der Waals surface area contributed by atoms with Gasteiger partial charge in [0.15, 0.2) is 16.5 Å². The lowest BCUT2D eigenvalue weighted by Crippen LogP contribution is -2.43.